The lowest BCUT2D eigenvalue weighted by Crippen LogP contribution is -2.07. The first-order chi connectivity index (χ1) is 11.6. The van der Waals surface area contributed by atoms with Crippen molar-refractivity contribution in [3.8, 4) is 0 Å². The number of nitrogens with one attached hydrogen (secondary N) is 2. The summed E-state index contributed by atoms with van der Waals surface area (Å²) in [5.74, 6) is 0.574. The van der Waals surface area contributed by atoms with E-state index in [2.05, 4.69) is 25.8 Å². The summed E-state index contributed by atoms with van der Waals surface area (Å²) >= 11 is 5.95. The van der Waals surface area contributed by atoms with Gasteiger partial charge in [-0.15, -0.1) is 5.10 Å². The fraction of sp³-hybridized carbons (Fsp3) is 0.118. The van der Waals surface area contributed by atoms with Crippen molar-refractivity contribution in [3.05, 3.63) is 70.6 Å². The van der Waals surface area contributed by atoms with Crippen molar-refractivity contribution in [3.63, 3.8) is 0 Å². The molecule has 1 aromatic heterocycles. The smallest absolute Gasteiger partial charge is 0.244 e. The molecule has 0 fully saturated rings. The summed E-state index contributed by atoms with van der Waals surface area (Å²) in [5.41, 5.74) is 2.40. The Hall–Kier alpha value is -2.73. The first-order valence-electron chi connectivity index (χ1n) is 7.32. The predicted molar refractivity (Wildman–Crippen MR) is 93.0 cm³/mol. The van der Waals surface area contributed by atoms with E-state index in [1.807, 2.05) is 19.1 Å². The third kappa shape index (κ3) is 3.97. The molecule has 0 aliphatic carbocycles. The Morgan fingerprint density at radius 3 is 2.79 bits per heavy atom. The summed E-state index contributed by atoms with van der Waals surface area (Å²) in [5, 5.41) is 14.6. The average molecular weight is 344 g/mol. The molecule has 5 nitrogen and oxygen atoms in total. The molecular weight excluding hydrogens is 329 g/mol. The van der Waals surface area contributed by atoms with Crippen LogP contribution < -0.4 is 10.6 Å². The molecule has 2 N–H and O–H groups in total. The summed E-state index contributed by atoms with van der Waals surface area (Å²) < 4.78 is 13.6. The maximum absolute atomic E-state index is 13.6. The highest BCUT2D eigenvalue weighted by Crippen LogP contribution is 2.22. The van der Waals surface area contributed by atoms with Crippen LogP contribution in [0, 0.1) is 12.7 Å². The lowest BCUT2D eigenvalue weighted by atomic mass is 10.2. The maximum atomic E-state index is 13.6. The molecule has 7 heteroatoms. The van der Waals surface area contributed by atoms with Gasteiger partial charge in [0.15, 0.2) is 5.82 Å². The van der Waals surface area contributed by atoms with Crippen LogP contribution in [-0.4, -0.2) is 15.2 Å². The molecule has 2 aromatic carbocycles. The lowest BCUT2D eigenvalue weighted by molar-refractivity contribution is 0.612. The highest BCUT2D eigenvalue weighted by Gasteiger charge is 2.05. The first-order valence-corrected chi connectivity index (χ1v) is 7.70. The van der Waals surface area contributed by atoms with E-state index in [1.165, 1.54) is 12.3 Å². The van der Waals surface area contributed by atoms with Crippen LogP contribution in [0.1, 0.15) is 11.1 Å². The Bertz CT molecular complexity index is 856. The molecule has 0 spiro atoms. The molecule has 0 saturated carbocycles. The third-order valence-corrected chi connectivity index (χ3v) is 3.64. The summed E-state index contributed by atoms with van der Waals surface area (Å²) in [4.78, 5) is 4.33. The zero-order valence-electron chi connectivity index (χ0n) is 12.9. The van der Waals surface area contributed by atoms with Crippen LogP contribution >= 0.6 is 11.6 Å². The van der Waals surface area contributed by atoms with Crippen LogP contribution in [0.25, 0.3) is 0 Å². The monoisotopic (exact) mass is 343 g/mol. The van der Waals surface area contributed by atoms with Gasteiger partial charge in [-0.2, -0.15) is 10.1 Å². The normalized spacial score (nSPS) is 10.5. The predicted octanol–water partition coefficient (Wildman–Crippen LogP) is 4.33. The Labute approximate surface area is 143 Å². The molecule has 0 atom stereocenters. The molecule has 24 heavy (non-hydrogen) atoms. The fourth-order valence-corrected chi connectivity index (χ4v) is 2.39. The molecule has 0 aliphatic heterocycles. The van der Waals surface area contributed by atoms with Crippen molar-refractivity contribution in [1.82, 2.24) is 15.2 Å². The van der Waals surface area contributed by atoms with Gasteiger partial charge in [-0.25, -0.2) is 4.39 Å². The van der Waals surface area contributed by atoms with Gasteiger partial charge in [0.1, 0.15) is 5.82 Å². The van der Waals surface area contributed by atoms with Gasteiger partial charge in [-0.1, -0.05) is 29.8 Å². The number of aryl methyl sites for hydroxylation is 1. The molecule has 0 radical (unpaired) electrons. The second kappa shape index (κ2) is 7.23. The van der Waals surface area contributed by atoms with Gasteiger partial charge < -0.3 is 10.6 Å². The number of benzene rings is 2. The quantitative estimate of drug-likeness (QED) is 0.722. The van der Waals surface area contributed by atoms with Crippen molar-refractivity contribution in [2.45, 2.75) is 13.5 Å². The molecule has 3 aromatic rings. The number of hydrogen-bond donors (Lipinski definition) is 2. The van der Waals surface area contributed by atoms with Crippen molar-refractivity contribution >= 4 is 29.1 Å². The van der Waals surface area contributed by atoms with Gasteiger partial charge in [0.05, 0.1) is 6.20 Å². The van der Waals surface area contributed by atoms with Gasteiger partial charge in [-0.05, 0) is 36.8 Å². The van der Waals surface area contributed by atoms with Crippen LogP contribution in [0.5, 0.6) is 0 Å². The van der Waals surface area contributed by atoms with E-state index in [9.17, 15) is 4.39 Å². The number of anilines is 3. The molecule has 0 saturated heterocycles. The standard InChI is InChI=1S/C17H15ClFN5/c1-11-8-13(18)6-7-15(11)22-16-10-21-24-17(23-16)20-9-12-4-2-3-5-14(12)19/h2-8,10H,9H2,1H3,(H2,20,22,23,24). The second-order valence-electron chi connectivity index (χ2n) is 5.19. The summed E-state index contributed by atoms with van der Waals surface area (Å²) in [6, 6.07) is 12.1. The second-order valence-corrected chi connectivity index (χ2v) is 5.63. The Balaban J connectivity index is 1.71. The first kappa shape index (κ1) is 16.1. The zero-order valence-corrected chi connectivity index (χ0v) is 13.7. The number of nitrogens with zero attached hydrogens (tertiary/aromatic N) is 3. The van der Waals surface area contributed by atoms with Gasteiger partial charge >= 0.3 is 0 Å². The topological polar surface area (TPSA) is 62.7 Å². The minimum atomic E-state index is -0.274. The van der Waals surface area contributed by atoms with Crippen molar-refractivity contribution in [2.75, 3.05) is 10.6 Å². The lowest BCUT2D eigenvalue weighted by Gasteiger charge is -2.10. The Kier molecular flexibility index (Phi) is 4.86. The van der Waals surface area contributed by atoms with Crippen LogP contribution in [0.4, 0.5) is 21.8 Å². The van der Waals surface area contributed by atoms with E-state index in [0.717, 1.165) is 11.3 Å². The van der Waals surface area contributed by atoms with Gasteiger partial charge in [0.2, 0.25) is 5.95 Å². The summed E-state index contributed by atoms with van der Waals surface area (Å²) in [6.07, 6.45) is 1.52. The van der Waals surface area contributed by atoms with Crippen LogP contribution in [0.15, 0.2) is 48.7 Å². The molecular formula is C17H15ClFN5. The minimum absolute atomic E-state index is 0.274. The average Bonchev–Trinajstić information content (AvgIpc) is 2.57. The molecule has 3 rings (SSSR count). The summed E-state index contributed by atoms with van der Waals surface area (Å²) in [7, 11) is 0. The van der Waals surface area contributed by atoms with E-state index >= 15 is 0 Å². The molecule has 0 bridgehead atoms. The van der Waals surface area contributed by atoms with Gasteiger partial charge in [0.25, 0.3) is 0 Å². The van der Waals surface area contributed by atoms with Gasteiger partial charge in [-0.3, -0.25) is 0 Å². The highest BCUT2D eigenvalue weighted by atomic mass is 35.5. The third-order valence-electron chi connectivity index (χ3n) is 3.40. The van der Waals surface area contributed by atoms with E-state index in [-0.39, 0.29) is 12.4 Å². The molecule has 0 unspecified atom stereocenters. The van der Waals surface area contributed by atoms with Crippen molar-refractivity contribution in [1.29, 1.82) is 0 Å². The van der Waals surface area contributed by atoms with Crippen LogP contribution in [0.2, 0.25) is 5.02 Å². The molecule has 0 amide bonds. The number of hydrogen-bond acceptors (Lipinski definition) is 5. The molecule has 122 valence electrons. The summed E-state index contributed by atoms with van der Waals surface area (Å²) in [6.45, 7) is 2.22. The highest BCUT2D eigenvalue weighted by molar-refractivity contribution is 6.30. The van der Waals surface area contributed by atoms with E-state index in [4.69, 9.17) is 11.6 Å². The number of rotatable bonds is 5. The van der Waals surface area contributed by atoms with Crippen LogP contribution in [0.3, 0.4) is 0 Å². The number of halogens is 2. The number of aromatic nitrogens is 3. The van der Waals surface area contributed by atoms with E-state index in [0.29, 0.717) is 22.4 Å². The minimum Gasteiger partial charge on any atom is -0.349 e. The zero-order chi connectivity index (χ0) is 16.9. The molecule has 0 aliphatic rings. The van der Waals surface area contributed by atoms with Crippen molar-refractivity contribution in [2.24, 2.45) is 0 Å². The van der Waals surface area contributed by atoms with Crippen molar-refractivity contribution < 1.29 is 4.39 Å². The Morgan fingerprint density at radius 2 is 2.00 bits per heavy atom. The van der Waals surface area contributed by atoms with E-state index < -0.39 is 0 Å². The van der Waals surface area contributed by atoms with Crippen LogP contribution in [-0.2, 0) is 6.54 Å². The fourth-order valence-electron chi connectivity index (χ4n) is 2.16. The van der Waals surface area contributed by atoms with E-state index in [1.54, 1.807) is 24.3 Å². The van der Waals surface area contributed by atoms with Gasteiger partial charge in [0, 0.05) is 22.8 Å². The SMILES string of the molecule is Cc1cc(Cl)ccc1Nc1cnnc(NCc2ccccc2F)n1. The Morgan fingerprint density at radius 1 is 1.17 bits per heavy atom. The molecule has 1 heterocycles. The largest absolute Gasteiger partial charge is 0.349 e. The maximum Gasteiger partial charge on any atom is 0.244 e.